The fraction of sp³-hybridized carbons (Fsp3) is 0.176. The van der Waals surface area contributed by atoms with Gasteiger partial charge in [0.05, 0.1) is 23.6 Å². The van der Waals surface area contributed by atoms with Gasteiger partial charge in [0, 0.05) is 10.6 Å². The van der Waals surface area contributed by atoms with Crippen LogP contribution < -0.4 is 15.8 Å². The number of nitrogens with one attached hydrogen (secondary N) is 1. The molecule has 0 aliphatic carbocycles. The van der Waals surface area contributed by atoms with Gasteiger partial charge in [-0.3, -0.25) is 9.59 Å². The lowest BCUT2D eigenvalue weighted by atomic mass is 10.2. The van der Waals surface area contributed by atoms with Gasteiger partial charge in [-0.05, 0) is 48.7 Å². The molecule has 24 heavy (non-hydrogen) atoms. The second kappa shape index (κ2) is 8.61. The summed E-state index contributed by atoms with van der Waals surface area (Å²) >= 11 is 7.63. The van der Waals surface area contributed by atoms with Gasteiger partial charge in [-0.25, -0.2) is 0 Å². The monoisotopic (exact) mass is 364 g/mol. The number of hydrogen-bond donors (Lipinski definition) is 2. The molecule has 0 saturated carbocycles. The number of ether oxygens (including phenoxy) is 1. The van der Waals surface area contributed by atoms with E-state index in [4.69, 9.17) is 22.1 Å². The minimum absolute atomic E-state index is 0.156. The second-order valence-electron chi connectivity index (χ2n) is 4.89. The smallest absolute Gasteiger partial charge is 0.257 e. The largest absolute Gasteiger partial charge is 0.493 e. The van der Waals surface area contributed by atoms with Crippen molar-refractivity contribution in [3.63, 3.8) is 0 Å². The molecule has 0 radical (unpaired) electrons. The number of hydrogen-bond acceptors (Lipinski definition) is 4. The highest BCUT2D eigenvalue weighted by molar-refractivity contribution is 7.98. The van der Waals surface area contributed by atoms with E-state index in [9.17, 15) is 9.59 Å². The summed E-state index contributed by atoms with van der Waals surface area (Å²) in [5, 5.41) is 3.19. The van der Waals surface area contributed by atoms with Crippen molar-refractivity contribution in [3.05, 3.63) is 53.1 Å². The quantitative estimate of drug-likeness (QED) is 0.736. The molecule has 0 aliphatic rings. The van der Waals surface area contributed by atoms with Gasteiger partial charge < -0.3 is 15.8 Å². The zero-order chi connectivity index (χ0) is 17.5. The van der Waals surface area contributed by atoms with Crippen LogP contribution in [0.1, 0.15) is 16.8 Å². The maximum Gasteiger partial charge on any atom is 0.257 e. The van der Waals surface area contributed by atoms with E-state index in [2.05, 4.69) is 5.32 Å². The molecule has 0 saturated heterocycles. The van der Waals surface area contributed by atoms with Crippen LogP contribution >= 0.6 is 23.4 Å². The molecule has 0 fully saturated rings. The zero-order valence-electron chi connectivity index (χ0n) is 13.0. The first-order chi connectivity index (χ1) is 11.5. The van der Waals surface area contributed by atoms with Crippen LogP contribution in [-0.4, -0.2) is 24.7 Å². The van der Waals surface area contributed by atoms with Crippen LogP contribution in [-0.2, 0) is 4.79 Å². The fourth-order valence-corrected chi connectivity index (χ4v) is 2.55. The average Bonchev–Trinajstić information content (AvgIpc) is 2.56. The molecule has 2 rings (SSSR count). The van der Waals surface area contributed by atoms with Crippen molar-refractivity contribution in [2.24, 2.45) is 5.73 Å². The first-order valence-corrected chi connectivity index (χ1v) is 8.76. The van der Waals surface area contributed by atoms with E-state index >= 15 is 0 Å². The molecule has 2 aromatic rings. The van der Waals surface area contributed by atoms with E-state index < -0.39 is 5.91 Å². The van der Waals surface area contributed by atoms with E-state index in [1.165, 1.54) is 11.8 Å². The number of primary amides is 1. The van der Waals surface area contributed by atoms with Crippen molar-refractivity contribution in [3.8, 4) is 5.75 Å². The summed E-state index contributed by atoms with van der Waals surface area (Å²) in [6, 6.07) is 12.2. The molecule has 0 heterocycles. The predicted octanol–water partition coefficient (Wildman–Crippen LogP) is 3.57. The molecule has 0 aromatic heterocycles. The number of benzene rings is 2. The SMILES string of the molecule is CSc1ccc(Cl)c(C(=O)Nc2ccc(OCCC(N)=O)cc2)c1. The summed E-state index contributed by atoms with van der Waals surface area (Å²) in [5.41, 5.74) is 6.08. The van der Waals surface area contributed by atoms with Crippen molar-refractivity contribution in [1.29, 1.82) is 0 Å². The van der Waals surface area contributed by atoms with Gasteiger partial charge in [0.2, 0.25) is 5.91 Å². The molecule has 0 unspecified atom stereocenters. The summed E-state index contributed by atoms with van der Waals surface area (Å²) in [7, 11) is 0. The highest BCUT2D eigenvalue weighted by Crippen LogP contribution is 2.24. The third-order valence-electron chi connectivity index (χ3n) is 3.15. The van der Waals surface area contributed by atoms with E-state index in [0.29, 0.717) is 22.0 Å². The van der Waals surface area contributed by atoms with Crippen molar-refractivity contribution in [1.82, 2.24) is 0 Å². The molecule has 7 heteroatoms. The van der Waals surface area contributed by atoms with Crippen molar-refractivity contribution in [2.45, 2.75) is 11.3 Å². The third kappa shape index (κ3) is 5.18. The lowest BCUT2D eigenvalue weighted by Crippen LogP contribution is -2.14. The molecule has 126 valence electrons. The molecule has 0 atom stereocenters. The van der Waals surface area contributed by atoms with Gasteiger partial charge in [0.1, 0.15) is 5.75 Å². The van der Waals surface area contributed by atoms with Crippen molar-refractivity contribution >= 4 is 40.9 Å². The summed E-state index contributed by atoms with van der Waals surface area (Å²) in [6.07, 6.45) is 2.09. The predicted molar refractivity (Wildman–Crippen MR) is 96.9 cm³/mol. The minimum atomic E-state index is -0.414. The van der Waals surface area contributed by atoms with E-state index in [-0.39, 0.29) is 18.9 Å². The summed E-state index contributed by atoms with van der Waals surface area (Å²) in [5.74, 6) is -0.0989. The number of anilines is 1. The zero-order valence-corrected chi connectivity index (χ0v) is 14.6. The highest BCUT2D eigenvalue weighted by Gasteiger charge is 2.11. The molecule has 5 nitrogen and oxygen atoms in total. The maximum absolute atomic E-state index is 12.3. The van der Waals surface area contributed by atoms with Gasteiger partial charge in [-0.15, -0.1) is 11.8 Å². The summed E-state index contributed by atoms with van der Waals surface area (Å²) in [6.45, 7) is 0.220. The molecular weight excluding hydrogens is 348 g/mol. The van der Waals surface area contributed by atoms with Gasteiger partial charge in [-0.2, -0.15) is 0 Å². The van der Waals surface area contributed by atoms with Gasteiger partial charge in [-0.1, -0.05) is 11.6 Å². The number of rotatable bonds is 7. The van der Waals surface area contributed by atoms with Crippen LogP contribution in [0.15, 0.2) is 47.4 Å². The average molecular weight is 365 g/mol. The Morgan fingerprint density at radius 3 is 2.54 bits per heavy atom. The van der Waals surface area contributed by atoms with Gasteiger partial charge in [0.25, 0.3) is 5.91 Å². The van der Waals surface area contributed by atoms with Crippen LogP contribution in [0, 0.1) is 0 Å². The Morgan fingerprint density at radius 1 is 1.21 bits per heavy atom. The lowest BCUT2D eigenvalue weighted by Gasteiger charge is -2.09. The number of carbonyl (C=O) groups is 2. The summed E-state index contributed by atoms with van der Waals surface area (Å²) < 4.78 is 5.37. The van der Waals surface area contributed by atoms with Crippen molar-refractivity contribution < 1.29 is 14.3 Å². The van der Waals surface area contributed by atoms with Gasteiger partial charge in [0.15, 0.2) is 0 Å². The number of thioether (sulfide) groups is 1. The molecule has 0 aliphatic heterocycles. The molecule has 2 aromatic carbocycles. The molecule has 3 N–H and O–H groups in total. The maximum atomic E-state index is 12.3. The Hall–Kier alpha value is -2.18. The second-order valence-corrected chi connectivity index (χ2v) is 6.18. The van der Waals surface area contributed by atoms with Crippen molar-refractivity contribution in [2.75, 3.05) is 18.2 Å². The van der Waals surface area contributed by atoms with Crippen LogP contribution in [0.3, 0.4) is 0 Å². The Balaban J connectivity index is 2.00. The Kier molecular flexibility index (Phi) is 6.52. The number of halogens is 1. The normalized spacial score (nSPS) is 10.2. The summed E-state index contributed by atoms with van der Waals surface area (Å²) in [4.78, 5) is 24.0. The first kappa shape index (κ1) is 18.2. The Morgan fingerprint density at radius 2 is 1.92 bits per heavy atom. The van der Waals surface area contributed by atoms with Crippen LogP contribution in [0.5, 0.6) is 5.75 Å². The van der Waals surface area contributed by atoms with E-state index in [1.54, 1.807) is 36.4 Å². The number of carbonyl (C=O) groups excluding carboxylic acids is 2. The topological polar surface area (TPSA) is 81.4 Å². The lowest BCUT2D eigenvalue weighted by molar-refractivity contribution is -0.118. The molecular formula is C17H17ClN2O3S. The minimum Gasteiger partial charge on any atom is -0.493 e. The fourth-order valence-electron chi connectivity index (χ4n) is 1.91. The highest BCUT2D eigenvalue weighted by atomic mass is 35.5. The Labute approximate surface area is 149 Å². The first-order valence-electron chi connectivity index (χ1n) is 7.15. The van der Waals surface area contributed by atoms with Crippen LogP contribution in [0.2, 0.25) is 5.02 Å². The number of amides is 2. The van der Waals surface area contributed by atoms with Gasteiger partial charge >= 0.3 is 0 Å². The van der Waals surface area contributed by atoms with Crippen LogP contribution in [0.25, 0.3) is 0 Å². The van der Waals surface area contributed by atoms with E-state index in [0.717, 1.165) is 4.90 Å². The standard InChI is InChI=1S/C17H17ClN2O3S/c1-24-13-6-7-15(18)14(10-13)17(22)20-11-2-4-12(5-3-11)23-9-8-16(19)21/h2-7,10H,8-9H2,1H3,(H2,19,21)(H,20,22). The third-order valence-corrected chi connectivity index (χ3v) is 4.20. The molecule has 0 spiro atoms. The number of nitrogens with two attached hydrogens (primary N) is 1. The van der Waals surface area contributed by atoms with Crippen LogP contribution in [0.4, 0.5) is 5.69 Å². The Bertz CT molecular complexity index is 735. The molecule has 2 amide bonds. The molecule has 0 bridgehead atoms. The van der Waals surface area contributed by atoms with E-state index in [1.807, 2.05) is 12.3 Å².